The molecule has 1 amide bonds. The van der Waals surface area contributed by atoms with Crippen molar-refractivity contribution in [2.24, 2.45) is 0 Å². The van der Waals surface area contributed by atoms with Gasteiger partial charge in [-0.1, -0.05) is 36.4 Å². The van der Waals surface area contributed by atoms with Gasteiger partial charge in [0.2, 0.25) is 5.95 Å². The minimum atomic E-state index is -0.395. The Bertz CT molecular complexity index is 1130. The number of rotatable bonds is 3. The molecule has 28 heavy (non-hydrogen) atoms. The van der Waals surface area contributed by atoms with Crippen LogP contribution in [0.4, 0.5) is 11.6 Å². The summed E-state index contributed by atoms with van der Waals surface area (Å²) in [4.78, 5) is 23.0. The lowest BCUT2D eigenvalue weighted by molar-refractivity contribution is 0.0973. The first-order chi connectivity index (χ1) is 13.7. The highest BCUT2D eigenvalue weighted by atomic mass is 16.5. The molecule has 0 radical (unpaired) electrons. The maximum atomic E-state index is 13.4. The van der Waals surface area contributed by atoms with E-state index in [-0.39, 0.29) is 5.91 Å². The summed E-state index contributed by atoms with van der Waals surface area (Å²) < 4.78 is 5.27. The molecule has 6 heteroatoms. The Morgan fingerprint density at radius 1 is 0.964 bits per heavy atom. The SMILES string of the molecule is COc1ccc(C2Nc3ccccc3C(=O)N2c2nc3ccccc3[nH]2)cc1. The Morgan fingerprint density at radius 2 is 1.71 bits per heavy atom. The van der Waals surface area contributed by atoms with Crippen molar-refractivity contribution in [3.05, 3.63) is 83.9 Å². The van der Waals surface area contributed by atoms with Crippen LogP contribution in [-0.4, -0.2) is 23.0 Å². The molecule has 0 bridgehead atoms. The lowest BCUT2D eigenvalue weighted by Gasteiger charge is -2.36. The number of hydrogen-bond acceptors (Lipinski definition) is 4. The summed E-state index contributed by atoms with van der Waals surface area (Å²) in [6, 6.07) is 22.9. The highest BCUT2D eigenvalue weighted by Gasteiger charge is 2.35. The number of anilines is 2. The predicted molar refractivity (Wildman–Crippen MR) is 109 cm³/mol. The fourth-order valence-corrected chi connectivity index (χ4v) is 3.54. The minimum Gasteiger partial charge on any atom is -0.497 e. The average molecular weight is 370 g/mol. The van der Waals surface area contributed by atoms with Gasteiger partial charge in [0.25, 0.3) is 5.91 Å². The van der Waals surface area contributed by atoms with Crippen LogP contribution in [0.5, 0.6) is 5.75 Å². The second-order valence-electron chi connectivity index (χ2n) is 6.62. The van der Waals surface area contributed by atoms with Gasteiger partial charge in [0, 0.05) is 5.69 Å². The van der Waals surface area contributed by atoms with E-state index in [1.165, 1.54) is 0 Å². The zero-order valence-corrected chi connectivity index (χ0v) is 15.2. The summed E-state index contributed by atoms with van der Waals surface area (Å²) in [5.74, 6) is 1.17. The number of ether oxygens (including phenoxy) is 1. The van der Waals surface area contributed by atoms with Crippen LogP contribution < -0.4 is 15.0 Å². The third-order valence-electron chi connectivity index (χ3n) is 4.96. The molecular weight excluding hydrogens is 352 g/mol. The highest BCUT2D eigenvalue weighted by molar-refractivity contribution is 6.11. The molecule has 0 fully saturated rings. The van der Waals surface area contributed by atoms with Crippen LogP contribution in [0, 0.1) is 0 Å². The Kier molecular flexibility index (Phi) is 3.76. The normalized spacial score (nSPS) is 16.0. The van der Waals surface area contributed by atoms with Gasteiger partial charge in [0.05, 0.1) is 23.7 Å². The van der Waals surface area contributed by atoms with E-state index in [0.717, 1.165) is 28.0 Å². The molecule has 1 atom stereocenters. The number of benzene rings is 3. The predicted octanol–water partition coefficient (Wildman–Crippen LogP) is 4.34. The third-order valence-corrected chi connectivity index (χ3v) is 4.96. The van der Waals surface area contributed by atoms with Gasteiger partial charge in [-0.2, -0.15) is 0 Å². The summed E-state index contributed by atoms with van der Waals surface area (Å²) in [6.07, 6.45) is -0.395. The number of carbonyl (C=O) groups is 1. The second kappa shape index (κ2) is 6.42. The van der Waals surface area contributed by atoms with Crippen molar-refractivity contribution in [2.75, 3.05) is 17.3 Å². The molecule has 1 unspecified atom stereocenters. The summed E-state index contributed by atoms with van der Waals surface area (Å²) >= 11 is 0. The van der Waals surface area contributed by atoms with E-state index in [9.17, 15) is 4.79 Å². The lowest BCUT2D eigenvalue weighted by atomic mass is 10.0. The number of imidazole rings is 1. The molecule has 2 heterocycles. The number of aromatic nitrogens is 2. The molecule has 1 aliphatic heterocycles. The molecule has 0 spiro atoms. The van der Waals surface area contributed by atoms with Crippen LogP contribution in [0.3, 0.4) is 0 Å². The summed E-state index contributed by atoms with van der Waals surface area (Å²) in [5, 5.41) is 3.48. The topological polar surface area (TPSA) is 70.2 Å². The number of amides is 1. The summed E-state index contributed by atoms with van der Waals surface area (Å²) in [6.45, 7) is 0. The Hall–Kier alpha value is -3.80. The Balaban J connectivity index is 1.66. The summed E-state index contributed by atoms with van der Waals surface area (Å²) in [5.41, 5.74) is 4.06. The molecule has 138 valence electrons. The third kappa shape index (κ3) is 2.58. The number of H-pyrrole nitrogens is 1. The largest absolute Gasteiger partial charge is 0.497 e. The molecule has 0 saturated heterocycles. The zero-order valence-electron chi connectivity index (χ0n) is 15.2. The number of nitrogens with zero attached hydrogens (tertiary/aromatic N) is 2. The molecule has 4 aromatic rings. The van der Waals surface area contributed by atoms with E-state index >= 15 is 0 Å². The Morgan fingerprint density at radius 3 is 2.50 bits per heavy atom. The van der Waals surface area contributed by atoms with Crippen molar-refractivity contribution < 1.29 is 9.53 Å². The molecule has 1 aromatic heterocycles. The summed E-state index contributed by atoms with van der Waals surface area (Å²) in [7, 11) is 1.63. The van der Waals surface area contributed by atoms with Gasteiger partial charge in [0.15, 0.2) is 0 Å². The van der Waals surface area contributed by atoms with Crippen LogP contribution in [0.25, 0.3) is 11.0 Å². The van der Waals surface area contributed by atoms with E-state index in [1.54, 1.807) is 12.0 Å². The van der Waals surface area contributed by atoms with Gasteiger partial charge >= 0.3 is 0 Å². The monoisotopic (exact) mass is 370 g/mol. The van der Waals surface area contributed by atoms with Gasteiger partial charge in [0.1, 0.15) is 11.9 Å². The van der Waals surface area contributed by atoms with Crippen LogP contribution in [-0.2, 0) is 0 Å². The first-order valence-electron chi connectivity index (χ1n) is 9.02. The van der Waals surface area contributed by atoms with Gasteiger partial charge in [-0.05, 0) is 42.0 Å². The van der Waals surface area contributed by atoms with E-state index in [4.69, 9.17) is 4.74 Å². The molecular formula is C22H18N4O2. The zero-order chi connectivity index (χ0) is 19.1. The van der Waals surface area contributed by atoms with Gasteiger partial charge < -0.3 is 15.0 Å². The van der Waals surface area contributed by atoms with Gasteiger partial charge in [-0.3, -0.25) is 9.69 Å². The van der Waals surface area contributed by atoms with Gasteiger partial charge in [-0.15, -0.1) is 0 Å². The molecule has 5 rings (SSSR count). The number of nitrogens with one attached hydrogen (secondary N) is 2. The number of aromatic amines is 1. The van der Waals surface area contributed by atoms with Crippen molar-refractivity contribution in [1.29, 1.82) is 0 Å². The van der Waals surface area contributed by atoms with Gasteiger partial charge in [-0.25, -0.2) is 4.98 Å². The number of carbonyl (C=O) groups excluding carboxylic acids is 1. The van der Waals surface area contributed by atoms with Crippen LogP contribution in [0.2, 0.25) is 0 Å². The van der Waals surface area contributed by atoms with Crippen molar-refractivity contribution in [3.63, 3.8) is 0 Å². The average Bonchev–Trinajstić information content (AvgIpc) is 3.17. The molecule has 0 saturated carbocycles. The Labute approximate surface area is 161 Å². The van der Waals surface area contributed by atoms with E-state index in [0.29, 0.717) is 11.5 Å². The van der Waals surface area contributed by atoms with Crippen molar-refractivity contribution in [3.8, 4) is 5.75 Å². The molecule has 6 nitrogen and oxygen atoms in total. The molecule has 0 aliphatic carbocycles. The molecule has 2 N–H and O–H groups in total. The fraction of sp³-hybridized carbons (Fsp3) is 0.0909. The van der Waals surface area contributed by atoms with Crippen LogP contribution in [0.1, 0.15) is 22.1 Å². The maximum absolute atomic E-state index is 13.4. The second-order valence-corrected chi connectivity index (χ2v) is 6.62. The maximum Gasteiger partial charge on any atom is 0.264 e. The van der Waals surface area contributed by atoms with E-state index < -0.39 is 6.17 Å². The van der Waals surface area contributed by atoms with Crippen molar-refractivity contribution >= 4 is 28.6 Å². The first-order valence-corrected chi connectivity index (χ1v) is 9.02. The fourth-order valence-electron chi connectivity index (χ4n) is 3.54. The lowest BCUT2D eigenvalue weighted by Crippen LogP contribution is -2.43. The number of hydrogen-bond donors (Lipinski definition) is 2. The quantitative estimate of drug-likeness (QED) is 0.563. The van der Waals surface area contributed by atoms with Crippen LogP contribution in [0.15, 0.2) is 72.8 Å². The van der Waals surface area contributed by atoms with Crippen molar-refractivity contribution in [2.45, 2.75) is 6.17 Å². The van der Waals surface area contributed by atoms with Crippen LogP contribution >= 0.6 is 0 Å². The number of methoxy groups -OCH3 is 1. The molecule has 3 aromatic carbocycles. The number of fused-ring (bicyclic) bond motifs is 2. The first kappa shape index (κ1) is 16.4. The minimum absolute atomic E-state index is 0.103. The smallest absolute Gasteiger partial charge is 0.264 e. The van der Waals surface area contributed by atoms with E-state index in [2.05, 4.69) is 15.3 Å². The van der Waals surface area contributed by atoms with Crippen molar-refractivity contribution in [1.82, 2.24) is 9.97 Å². The highest BCUT2D eigenvalue weighted by Crippen LogP contribution is 2.36. The number of para-hydroxylation sites is 3. The standard InChI is InChI=1S/C22H18N4O2/c1-28-15-12-10-14(11-13-15)20-23-17-7-3-2-6-16(17)21(27)26(20)22-24-18-8-4-5-9-19(18)25-22/h2-13,20,23H,1H3,(H,24,25). The molecule has 1 aliphatic rings. The van der Waals surface area contributed by atoms with E-state index in [1.807, 2.05) is 72.8 Å².